The monoisotopic (exact) mass is 415 g/mol. The Morgan fingerprint density at radius 3 is 2.06 bits per heavy atom. The molecule has 2 aromatic heterocycles. The Morgan fingerprint density at radius 1 is 0.594 bits per heavy atom. The van der Waals surface area contributed by atoms with E-state index in [9.17, 15) is 0 Å². The summed E-state index contributed by atoms with van der Waals surface area (Å²) in [5.74, 6) is 0.916. The molecule has 1 aliphatic rings. The maximum atomic E-state index is 6.02. The van der Waals surface area contributed by atoms with Gasteiger partial charge in [-0.15, -0.1) is 10.2 Å². The van der Waals surface area contributed by atoms with Crippen LogP contribution in [-0.4, -0.2) is 15.2 Å². The predicted octanol–water partition coefficient (Wildman–Crippen LogP) is 6.77. The quantitative estimate of drug-likeness (QED) is 0.326. The molecule has 2 heterocycles. The lowest BCUT2D eigenvalue weighted by Gasteiger charge is -2.20. The van der Waals surface area contributed by atoms with Gasteiger partial charge in [0.15, 0.2) is 0 Å². The zero-order valence-electron chi connectivity index (χ0n) is 17.9. The van der Waals surface area contributed by atoms with Gasteiger partial charge in [0, 0.05) is 16.5 Å². The van der Waals surface area contributed by atoms with Crippen molar-refractivity contribution in [3.8, 4) is 45.4 Å². The molecule has 0 radical (unpaired) electrons. The average Bonchev–Trinajstić information content (AvgIpc) is 3.42. The minimum absolute atomic E-state index is 0.0715. The lowest BCUT2D eigenvalue weighted by Crippen LogP contribution is -2.14. The second kappa shape index (κ2) is 6.99. The molecule has 0 spiro atoms. The summed E-state index contributed by atoms with van der Waals surface area (Å²) in [6.45, 7) is 4.48. The number of aromatic nitrogens is 3. The van der Waals surface area contributed by atoms with Crippen molar-refractivity contribution in [3.63, 3.8) is 0 Å². The Bertz CT molecular complexity index is 1430. The van der Waals surface area contributed by atoms with Gasteiger partial charge < -0.3 is 4.42 Å². The van der Waals surface area contributed by atoms with Gasteiger partial charge in [-0.3, -0.25) is 0 Å². The second-order valence-electron chi connectivity index (χ2n) is 8.62. The summed E-state index contributed by atoms with van der Waals surface area (Å²) in [6, 6.07) is 31.0. The highest BCUT2D eigenvalue weighted by Gasteiger charge is 2.36. The fourth-order valence-corrected chi connectivity index (χ4v) is 4.55. The normalized spacial score (nSPS) is 13.6. The Labute approximate surface area is 186 Å². The minimum atomic E-state index is -0.0715. The minimum Gasteiger partial charge on any atom is -0.415 e. The molecule has 0 fully saturated rings. The van der Waals surface area contributed by atoms with Crippen LogP contribution in [0.15, 0.2) is 95.4 Å². The largest absolute Gasteiger partial charge is 0.415 e. The molecule has 0 atom stereocenters. The first kappa shape index (κ1) is 18.7. The van der Waals surface area contributed by atoms with Gasteiger partial charge in [0.05, 0.1) is 5.69 Å². The summed E-state index contributed by atoms with van der Waals surface area (Å²) in [5.41, 5.74) is 8.51. The molecule has 1 aliphatic carbocycles. The lowest BCUT2D eigenvalue weighted by molar-refractivity contribution is 0.582. The van der Waals surface area contributed by atoms with E-state index < -0.39 is 0 Å². The Hall–Kier alpha value is -4.05. The van der Waals surface area contributed by atoms with Crippen molar-refractivity contribution in [3.05, 3.63) is 102 Å². The first-order chi connectivity index (χ1) is 15.6. The Kier molecular flexibility index (Phi) is 4.08. The highest BCUT2D eigenvalue weighted by Crippen LogP contribution is 2.48. The molecule has 0 aliphatic heterocycles. The van der Waals surface area contributed by atoms with Crippen LogP contribution < -0.4 is 0 Å². The van der Waals surface area contributed by atoms with Gasteiger partial charge in [0.1, 0.15) is 5.69 Å². The molecule has 6 rings (SSSR count). The van der Waals surface area contributed by atoms with E-state index in [4.69, 9.17) is 9.40 Å². The van der Waals surface area contributed by atoms with Crippen LogP contribution in [0.4, 0.5) is 0 Å². The number of benzene rings is 3. The number of rotatable bonds is 3. The Balaban J connectivity index is 1.34. The fourth-order valence-electron chi connectivity index (χ4n) is 4.55. The SMILES string of the molecule is CC1(C)c2ccccc2-c2nc(-c3nnc(-c4ccc(-c5ccccc5)cc4)o3)ccc21. The standard InChI is InChI=1S/C28H21N3O/c1-28(2)22-11-7-6-10-21(22)25-23(28)16-17-24(29-25)27-31-30-26(32-27)20-14-12-19(13-15-20)18-8-4-3-5-9-18/h3-17H,1-2H3. The van der Waals surface area contributed by atoms with Crippen molar-refractivity contribution in [2.75, 3.05) is 0 Å². The zero-order valence-corrected chi connectivity index (χ0v) is 17.9. The summed E-state index contributed by atoms with van der Waals surface area (Å²) in [4.78, 5) is 4.93. The van der Waals surface area contributed by atoms with E-state index in [0.29, 0.717) is 17.5 Å². The van der Waals surface area contributed by atoms with Crippen molar-refractivity contribution in [2.24, 2.45) is 0 Å². The van der Waals surface area contributed by atoms with Crippen LogP contribution in [0.2, 0.25) is 0 Å². The smallest absolute Gasteiger partial charge is 0.266 e. The maximum absolute atomic E-state index is 6.02. The fraction of sp³-hybridized carbons (Fsp3) is 0.107. The van der Waals surface area contributed by atoms with E-state index in [0.717, 1.165) is 16.8 Å². The van der Waals surface area contributed by atoms with Gasteiger partial charge in [-0.2, -0.15) is 0 Å². The molecule has 0 saturated carbocycles. The van der Waals surface area contributed by atoms with Gasteiger partial charge in [0.2, 0.25) is 5.89 Å². The molecule has 4 nitrogen and oxygen atoms in total. The summed E-state index contributed by atoms with van der Waals surface area (Å²) in [7, 11) is 0. The van der Waals surface area contributed by atoms with E-state index in [1.165, 1.54) is 22.3 Å². The summed E-state index contributed by atoms with van der Waals surface area (Å²) < 4.78 is 6.02. The van der Waals surface area contributed by atoms with E-state index in [2.05, 4.69) is 78.6 Å². The zero-order chi connectivity index (χ0) is 21.7. The lowest BCUT2D eigenvalue weighted by atomic mass is 9.83. The number of fused-ring (bicyclic) bond motifs is 3. The highest BCUT2D eigenvalue weighted by molar-refractivity contribution is 5.79. The van der Waals surface area contributed by atoms with Gasteiger partial charge in [-0.05, 0) is 40.5 Å². The maximum Gasteiger partial charge on any atom is 0.266 e. The topological polar surface area (TPSA) is 51.8 Å². The van der Waals surface area contributed by atoms with E-state index in [1.54, 1.807) is 0 Å². The summed E-state index contributed by atoms with van der Waals surface area (Å²) >= 11 is 0. The molecular weight excluding hydrogens is 394 g/mol. The molecule has 0 N–H and O–H groups in total. The van der Waals surface area contributed by atoms with Gasteiger partial charge in [-0.25, -0.2) is 4.98 Å². The molecule has 0 unspecified atom stereocenters. The summed E-state index contributed by atoms with van der Waals surface area (Å²) in [5, 5.41) is 8.56. The van der Waals surface area contributed by atoms with E-state index in [-0.39, 0.29) is 5.41 Å². The molecule has 0 amide bonds. The molecule has 0 bridgehead atoms. The van der Waals surface area contributed by atoms with Crippen molar-refractivity contribution < 1.29 is 4.42 Å². The molecule has 154 valence electrons. The molecule has 5 aromatic rings. The third-order valence-corrected chi connectivity index (χ3v) is 6.31. The molecule has 4 heteroatoms. The number of hydrogen-bond donors (Lipinski definition) is 0. The summed E-state index contributed by atoms with van der Waals surface area (Å²) in [6.07, 6.45) is 0. The van der Waals surface area contributed by atoms with Gasteiger partial charge in [-0.1, -0.05) is 86.6 Å². The van der Waals surface area contributed by atoms with Crippen LogP contribution in [0.5, 0.6) is 0 Å². The first-order valence-electron chi connectivity index (χ1n) is 10.7. The second-order valence-corrected chi connectivity index (χ2v) is 8.62. The molecule has 0 saturated heterocycles. The molecule has 3 aromatic carbocycles. The molecule has 32 heavy (non-hydrogen) atoms. The Morgan fingerprint density at radius 2 is 1.25 bits per heavy atom. The van der Waals surface area contributed by atoms with E-state index >= 15 is 0 Å². The van der Waals surface area contributed by atoms with Crippen molar-refractivity contribution in [1.82, 2.24) is 15.2 Å². The predicted molar refractivity (Wildman–Crippen MR) is 126 cm³/mol. The van der Waals surface area contributed by atoms with Crippen LogP contribution in [0.25, 0.3) is 45.4 Å². The molecular formula is C28H21N3O. The van der Waals surface area contributed by atoms with Crippen molar-refractivity contribution in [1.29, 1.82) is 0 Å². The van der Waals surface area contributed by atoms with Crippen LogP contribution in [0, 0.1) is 0 Å². The van der Waals surface area contributed by atoms with Crippen molar-refractivity contribution in [2.45, 2.75) is 19.3 Å². The van der Waals surface area contributed by atoms with Gasteiger partial charge in [0.25, 0.3) is 5.89 Å². The number of hydrogen-bond acceptors (Lipinski definition) is 4. The van der Waals surface area contributed by atoms with Gasteiger partial charge >= 0.3 is 0 Å². The third kappa shape index (κ3) is 2.88. The highest BCUT2D eigenvalue weighted by atomic mass is 16.4. The van der Waals surface area contributed by atoms with Crippen LogP contribution in [0.1, 0.15) is 25.0 Å². The third-order valence-electron chi connectivity index (χ3n) is 6.31. The van der Waals surface area contributed by atoms with Crippen LogP contribution in [0.3, 0.4) is 0 Å². The van der Waals surface area contributed by atoms with E-state index in [1.807, 2.05) is 36.4 Å². The first-order valence-corrected chi connectivity index (χ1v) is 10.7. The number of pyridine rings is 1. The van der Waals surface area contributed by atoms with Crippen molar-refractivity contribution >= 4 is 0 Å². The van der Waals surface area contributed by atoms with Crippen LogP contribution >= 0.6 is 0 Å². The number of nitrogens with zero attached hydrogens (tertiary/aromatic N) is 3. The average molecular weight is 415 g/mol. The van der Waals surface area contributed by atoms with Crippen LogP contribution in [-0.2, 0) is 5.41 Å².